The lowest BCUT2D eigenvalue weighted by atomic mass is 10.0. The van der Waals surface area contributed by atoms with Gasteiger partial charge in [0.25, 0.3) is 15.9 Å². The number of amides is 3. The molecular formula is C30H32ClN3O5S. The van der Waals surface area contributed by atoms with Gasteiger partial charge in [-0.15, -0.1) is 0 Å². The minimum absolute atomic E-state index is 0.0278. The lowest BCUT2D eigenvalue weighted by Crippen LogP contribution is -2.51. The fourth-order valence-electron chi connectivity index (χ4n) is 4.71. The van der Waals surface area contributed by atoms with Crippen LogP contribution in [0.15, 0.2) is 83.8 Å². The number of carbonyl (C=O) groups is 3. The van der Waals surface area contributed by atoms with Crippen LogP contribution in [0.4, 0.5) is 0 Å². The predicted octanol–water partition coefficient (Wildman–Crippen LogP) is 4.43. The van der Waals surface area contributed by atoms with Gasteiger partial charge in [0.05, 0.1) is 5.56 Å². The molecule has 1 N–H and O–H groups in total. The quantitative estimate of drug-likeness (QED) is 0.361. The molecule has 4 rings (SSSR count). The number of benzene rings is 3. The van der Waals surface area contributed by atoms with Crippen LogP contribution in [-0.2, 0) is 32.6 Å². The second-order valence-corrected chi connectivity index (χ2v) is 12.2. The molecule has 0 radical (unpaired) electrons. The second-order valence-electron chi connectivity index (χ2n) is 9.96. The third-order valence-electron chi connectivity index (χ3n) is 6.66. The number of hydrogen-bond donors (Lipinski definition) is 1. The Labute approximate surface area is 240 Å². The van der Waals surface area contributed by atoms with E-state index < -0.39 is 22.0 Å². The van der Waals surface area contributed by atoms with Crippen molar-refractivity contribution in [3.63, 3.8) is 0 Å². The largest absolute Gasteiger partial charge is 0.352 e. The Bertz CT molecular complexity index is 1490. The molecule has 8 nitrogen and oxygen atoms in total. The van der Waals surface area contributed by atoms with Crippen molar-refractivity contribution < 1.29 is 22.8 Å². The third kappa shape index (κ3) is 6.54. The number of nitrogens with zero attached hydrogens (tertiary/aromatic N) is 2. The lowest BCUT2D eigenvalue weighted by molar-refractivity contribution is -0.141. The van der Waals surface area contributed by atoms with Gasteiger partial charge in [0.1, 0.15) is 10.9 Å². The molecule has 1 aliphatic heterocycles. The first-order chi connectivity index (χ1) is 19.1. The molecule has 0 aromatic heterocycles. The first-order valence-electron chi connectivity index (χ1n) is 13.1. The highest BCUT2D eigenvalue weighted by atomic mass is 35.5. The van der Waals surface area contributed by atoms with Crippen LogP contribution >= 0.6 is 11.6 Å². The lowest BCUT2D eigenvalue weighted by Gasteiger charge is -2.32. The van der Waals surface area contributed by atoms with Crippen LogP contribution in [0.2, 0.25) is 5.02 Å². The highest BCUT2D eigenvalue weighted by Crippen LogP contribution is 2.30. The maximum absolute atomic E-state index is 13.8. The topological polar surface area (TPSA) is 104 Å². The Morgan fingerprint density at radius 1 is 0.950 bits per heavy atom. The van der Waals surface area contributed by atoms with Gasteiger partial charge in [-0.3, -0.25) is 14.4 Å². The summed E-state index contributed by atoms with van der Waals surface area (Å²) in [6.45, 7) is 3.64. The van der Waals surface area contributed by atoms with E-state index in [1.54, 1.807) is 30.3 Å². The van der Waals surface area contributed by atoms with Crippen molar-refractivity contribution in [2.75, 3.05) is 6.54 Å². The maximum Gasteiger partial charge on any atom is 0.269 e. The Kier molecular flexibility index (Phi) is 9.27. The number of sulfonamides is 1. The van der Waals surface area contributed by atoms with Crippen LogP contribution in [-0.4, -0.2) is 54.0 Å². The zero-order chi connectivity index (χ0) is 28.9. The van der Waals surface area contributed by atoms with Crippen molar-refractivity contribution in [2.45, 2.75) is 56.6 Å². The summed E-state index contributed by atoms with van der Waals surface area (Å²) < 4.78 is 26.7. The van der Waals surface area contributed by atoms with E-state index in [2.05, 4.69) is 5.32 Å². The minimum atomic E-state index is -3.97. The molecule has 0 fully saturated rings. The van der Waals surface area contributed by atoms with Gasteiger partial charge in [-0.2, -0.15) is 0 Å². The van der Waals surface area contributed by atoms with E-state index in [-0.39, 0.29) is 60.7 Å². The van der Waals surface area contributed by atoms with Crippen molar-refractivity contribution in [2.24, 2.45) is 0 Å². The minimum Gasteiger partial charge on any atom is -0.352 e. The van der Waals surface area contributed by atoms with Gasteiger partial charge in [-0.1, -0.05) is 72.3 Å². The summed E-state index contributed by atoms with van der Waals surface area (Å²) in [4.78, 5) is 41.5. The Hall–Kier alpha value is -3.69. The number of rotatable bonds is 11. The molecule has 0 saturated heterocycles. The summed E-state index contributed by atoms with van der Waals surface area (Å²) in [5.74, 6) is -1.25. The van der Waals surface area contributed by atoms with Crippen molar-refractivity contribution in [3.05, 3.63) is 101 Å². The molecule has 1 heterocycles. The van der Waals surface area contributed by atoms with Crippen molar-refractivity contribution in [1.82, 2.24) is 14.5 Å². The van der Waals surface area contributed by atoms with Gasteiger partial charge in [0.15, 0.2) is 0 Å². The molecule has 0 aliphatic carbocycles. The molecule has 40 heavy (non-hydrogen) atoms. The van der Waals surface area contributed by atoms with E-state index >= 15 is 0 Å². The average Bonchev–Trinajstić information content (AvgIpc) is 3.12. The fourth-order valence-corrected chi connectivity index (χ4v) is 6.52. The predicted molar refractivity (Wildman–Crippen MR) is 153 cm³/mol. The van der Waals surface area contributed by atoms with E-state index in [1.165, 1.54) is 17.0 Å². The van der Waals surface area contributed by atoms with Crippen LogP contribution in [0.5, 0.6) is 0 Å². The van der Waals surface area contributed by atoms with Gasteiger partial charge in [-0.05, 0) is 49.6 Å². The molecular weight excluding hydrogens is 550 g/mol. The van der Waals surface area contributed by atoms with Crippen molar-refractivity contribution in [1.29, 1.82) is 0 Å². The van der Waals surface area contributed by atoms with Crippen molar-refractivity contribution in [3.8, 4) is 0 Å². The number of halogens is 1. The zero-order valence-electron chi connectivity index (χ0n) is 22.4. The smallest absolute Gasteiger partial charge is 0.269 e. The first kappa shape index (κ1) is 29.3. The van der Waals surface area contributed by atoms with E-state index in [4.69, 9.17) is 11.6 Å². The summed E-state index contributed by atoms with van der Waals surface area (Å²) in [5.41, 5.74) is 1.69. The van der Waals surface area contributed by atoms with Gasteiger partial charge < -0.3 is 10.2 Å². The van der Waals surface area contributed by atoms with E-state index in [9.17, 15) is 22.8 Å². The summed E-state index contributed by atoms with van der Waals surface area (Å²) in [6, 6.07) is 21.6. The van der Waals surface area contributed by atoms with Gasteiger partial charge in [0, 0.05) is 37.0 Å². The molecule has 210 valence electrons. The van der Waals surface area contributed by atoms with E-state index in [1.807, 2.05) is 50.2 Å². The van der Waals surface area contributed by atoms with Gasteiger partial charge >= 0.3 is 0 Å². The van der Waals surface area contributed by atoms with E-state index in [0.717, 1.165) is 9.87 Å². The normalized spacial score (nSPS) is 14.6. The van der Waals surface area contributed by atoms with Crippen LogP contribution in [0, 0.1) is 0 Å². The highest BCUT2D eigenvalue weighted by molar-refractivity contribution is 7.90. The summed E-state index contributed by atoms with van der Waals surface area (Å²) in [5, 5.41) is 3.40. The monoisotopic (exact) mass is 581 g/mol. The SMILES string of the molecule is CC(C)NC(=O)[C@H](Cc1ccccc1)N(Cc1ccccc1Cl)C(=O)CCCN1C(=O)c2ccccc2S1(=O)=O. The molecule has 1 atom stereocenters. The highest BCUT2D eigenvalue weighted by Gasteiger charge is 2.40. The fraction of sp³-hybridized carbons (Fsp3) is 0.300. The Morgan fingerprint density at radius 2 is 1.60 bits per heavy atom. The molecule has 0 unspecified atom stereocenters. The number of carbonyl (C=O) groups excluding carboxylic acids is 3. The Morgan fingerprint density at radius 3 is 2.27 bits per heavy atom. The number of hydrogen-bond acceptors (Lipinski definition) is 5. The standard InChI is InChI=1S/C30H32ClN3O5S/c1-21(2)32-29(36)26(19-22-11-4-3-5-12-22)33(20-23-13-6-8-15-25(23)31)28(35)17-10-18-34-30(37)24-14-7-9-16-27(24)40(34,38)39/h3-9,11-16,21,26H,10,17-20H2,1-2H3,(H,32,36)/t26-/m0/s1. The van der Waals surface area contributed by atoms with Crippen LogP contribution in [0.1, 0.15) is 48.2 Å². The zero-order valence-corrected chi connectivity index (χ0v) is 24.0. The van der Waals surface area contributed by atoms with Crippen LogP contribution < -0.4 is 5.32 Å². The third-order valence-corrected chi connectivity index (χ3v) is 8.87. The second kappa shape index (κ2) is 12.7. The number of fused-ring (bicyclic) bond motifs is 1. The maximum atomic E-state index is 13.8. The molecule has 0 saturated carbocycles. The molecule has 3 aromatic carbocycles. The molecule has 3 amide bonds. The van der Waals surface area contributed by atoms with Crippen LogP contribution in [0.25, 0.3) is 0 Å². The number of nitrogens with one attached hydrogen (secondary N) is 1. The average molecular weight is 582 g/mol. The van der Waals surface area contributed by atoms with Crippen molar-refractivity contribution >= 4 is 39.3 Å². The molecule has 1 aliphatic rings. The summed E-state index contributed by atoms with van der Waals surface area (Å²) in [7, 11) is -3.97. The molecule has 0 bridgehead atoms. The van der Waals surface area contributed by atoms with Gasteiger partial charge in [-0.25, -0.2) is 12.7 Å². The summed E-state index contributed by atoms with van der Waals surface area (Å²) >= 11 is 6.43. The first-order valence-corrected chi connectivity index (χ1v) is 14.9. The van der Waals surface area contributed by atoms with Gasteiger partial charge in [0.2, 0.25) is 11.8 Å². The summed E-state index contributed by atoms with van der Waals surface area (Å²) in [6.07, 6.45) is 0.310. The van der Waals surface area contributed by atoms with Crippen LogP contribution in [0.3, 0.4) is 0 Å². The molecule has 10 heteroatoms. The Balaban J connectivity index is 1.57. The molecule has 3 aromatic rings. The molecule has 0 spiro atoms. The van der Waals surface area contributed by atoms with E-state index in [0.29, 0.717) is 10.6 Å².